The molecule has 0 spiro atoms. The molecular formula is C17H18O3. The highest BCUT2D eigenvalue weighted by atomic mass is 16.5. The lowest BCUT2D eigenvalue weighted by molar-refractivity contribution is 0.0688. The van der Waals surface area contributed by atoms with Gasteiger partial charge >= 0.3 is 0 Å². The molecule has 3 heteroatoms. The zero-order valence-electron chi connectivity index (χ0n) is 11.7. The molecule has 3 nitrogen and oxygen atoms in total. The molecule has 2 unspecified atom stereocenters. The SMILES string of the molecule is C#CC(O)(C1=CC=CCC1OC)c1ccc(OC)cc1. The van der Waals surface area contributed by atoms with E-state index in [1.165, 1.54) is 0 Å². The summed E-state index contributed by atoms with van der Waals surface area (Å²) in [5.74, 6) is 3.22. The molecule has 1 aromatic carbocycles. The van der Waals surface area contributed by atoms with Crippen molar-refractivity contribution >= 4 is 0 Å². The number of terminal acetylenes is 1. The summed E-state index contributed by atoms with van der Waals surface area (Å²) in [6, 6.07) is 7.09. The van der Waals surface area contributed by atoms with Gasteiger partial charge in [0.05, 0.1) is 13.2 Å². The summed E-state index contributed by atoms with van der Waals surface area (Å²) in [5.41, 5.74) is -0.169. The molecule has 0 fully saturated rings. The average molecular weight is 270 g/mol. The van der Waals surface area contributed by atoms with Crippen LogP contribution in [0.1, 0.15) is 12.0 Å². The molecule has 0 aromatic heterocycles. The predicted octanol–water partition coefficient (Wildman–Crippen LogP) is 2.42. The summed E-state index contributed by atoms with van der Waals surface area (Å²) in [6.07, 6.45) is 11.8. The largest absolute Gasteiger partial charge is 0.497 e. The van der Waals surface area contributed by atoms with Crippen LogP contribution in [0.15, 0.2) is 48.1 Å². The maximum absolute atomic E-state index is 10.9. The average Bonchev–Trinajstić information content (AvgIpc) is 2.54. The van der Waals surface area contributed by atoms with Crippen LogP contribution in [0.3, 0.4) is 0 Å². The Labute approximate surface area is 119 Å². The van der Waals surface area contributed by atoms with E-state index in [1.54, 1.807) is 38.5 Å². The summed E-state index contributed by atoms with van der Waals surface area (Å²) in [4.78, 5) is 0. The highest BCUT2D eigenvalue weighted by Crippen LogP contribution is 2.35. The van der Waals surface area contributed by atoms with Gasteiger partial charge in [0, 0.05) is 18.2 Å². The van der Waals surface area contributed by atoms with Gasteiger partial charge in [-0.3, -0.25) is 0 Å². The Morgan fingerprint density at radius 1 is 1.30 bits per heavy atom. The zero-order valence-corrected chi connectivity index (χ0v) is 11.7. The quantitative estimate of drug-likeness (QED) is 0.854. The third kappa shape index (κ3) is 2.49. The Kier molecular flexibility index (Phi) is 4.29. The first-order valence-electron chi connectivity index (χ1n) is 6.40. The highest BCUT2D eigenvalue weighted by molar-refractivity contribution is 5.46. The summed E-state index contributed by atoms with van der Waals surface area (Å²) in [5, 5.41) is 10.9. The fraction of sp³-hybridized carbons (Fsp3) is 0.294. The van der Waals surface area contributed by atoms with Gasteiger partial charge in [0.1, 0.15) is 5.75 Å². The van der Waals surface area contributed by atoms with Crippen molar-refractivity contribution in [2.24, 2.45) is 0 Å². The minimum atomic E-state index is -1.47. The maximum Gasteiger partial charge on any atom is 0.175 e. The minimum absolute atomic E-state index is 0.219. The molecule has 1 aliphatic rings. The smallest absolute Gasteiger partial charge is 0.175 e. The zero-order chi connectivity index (χ0) is 14.6. The second kappa shape index (κ2) is 5.96. The van der Waals surface area contributed by atoms with Crippen LogP contribution < -0.4 is 4.74 Å². The molecule has 0 saturated heterocycles. The van der Waals surface area contributed by atoms with E-state index in [2.05, 4.69) is 5.92 Å². The molecule has 0 amide bonds. The molecule has 0 bridgehead atoms. The molecule has 104 valence electrons. The van der Waals surface area contributed by atoms with Crippen LogP contribution >= 0.6 is 0 Å². The van der Waals surface area contributed by atoms with E-state index in [-0.39, 0.29) is 6.10 Å². The summed E-state index contributed by atoms with van der Waals surface area (Å²) >= 11 is 0. The van der Waals surface area contributed by atoms with Crippen molar-refractivity contribution in [2.45, 2.75) is 18.1 Å². The van der Waals surface area contributed by atoms with E-state index in [4.69, 9.17) is 15.9 Å². The van der Waals surface area contributed by atoms with Crippen LogP contribution in [0, 0.1) is 12.3 Å². The lowest BCUT2D eigenvalue weighted by Gasteiger charge is -2.32. The van der Waals surface area contributed by atoms with Crippen LogP contribution in [-0.2, 0) is 10.3 Å². The van der Waals surface area contributed by atoms with Gasteiger partial charge in [-0.2, -0.15) is 0 Å². The van der Waals surface area contributed by atoms with Crippen LogP contribution in [-0.4, -0.2) is 25.4 Å². The number of hydrogen-bond acceptors (Lipinski definition) is 3. The Morgan fingerprint density at radius 3 is 2.55 bits per heavy atom. The molecule has 2 atom stereocenters. The number of benzene rings is 1. The fourth-order valence-corrected chi connectivity index (χ4v) is 2.35. The van der Waals surface area contributed by atoms with Crippen molar-refractivity contribution in [2.75, 3.05) is 14.2 Å². The van der Waals surface area contributed by atoms with Gasteiger partial charge < -0.3 is 14.6 Å². The van der Waals surface area contributed by atoms with E-state index in [9.17, 15) is 5.11 Å². The van der Waals surface area contributed by atoms with Gasteiger partial charge in [-0.1, -0.05) is 36.3 Å². The third-order valence-corrected chi connectivity index (χ3v) is 3.53. The second-order valence-corrected chi connectivity index (χ2v) is 4.59. The Balaban J connectivity index is 2.44. The number of rotatable bonds is 4. The van der Waals surface area contributed by atoms with E-state index < -0.39 is 5.60 Å². The first kappa shape index (κ1) is 14.4. The Bertz CT molecular complexity index is 563. The topological polar surface area (TPSA) is 38.7 Å². The van der Waals surface area contributed by atoms with Crippen LogP contribution in [0.2, 0.25) is 0 Å². The van der Waals surface area contributed by atoms with Crippen molar-refractivity contribution in [3.05, 3.63) is 53.6 Å². The molecule has 20 heavy (non-hydrogen) atoms. The van der Waals surface area contributed by atoms with E-state index in [0.29, 0.717) is 23.3 Å². The molecule has 0 aliphatic heterocycles. The van der Waals surface area contributed by atoms with Crippen LogP contribution in [0.4, 0.5) is 0 Å². The predicted molar refractivity (Wildman–Crippen MR) is 78.4 cm³/mol. The molecular weight excluding hydrogens is 252 g/mol. The molecule has 0 radical (unpaired) electrons. The maximum atomic E-state index is 10.9. The van der Waals surface area contributed by atoms with Gasteiger partial charge in [-0.25, -0.2) is 0 Å². The molecule has 2 rings (SSSR count). The third-order valence-electron chi connectivity index (χ3n) is 3.53. The monoisotopic (exact) mass is 270 g/mol. The molecule has 1 N–H and O–H groups in total. The molecule has 0 saturated carbocycles. The van der Waals surface area contributed by atoms with E-state index >= 15 is 0 Å². The Hall–Kier alpha value is -2.02. The summed E-state index contributed by atoms with van der Waals surface area (Å²) in [7, 11) is 3.21. The molecule has 1 aromatic rings. The molecule has 1 aliphatic carbocycles. The first-order valence-corrected chi connectivity index (χ1v) is 6.40. The summed E-state index contributed by atoms with van der Waals surface area (Å²) < 4.78 is 10.5. The summed E-state index contributed by atoms with van der Waals surface area (Å²) in [6.45, 7) is 0. The van der Waals surface area contributed by atoms with Gasteiger partial charge in [0.25, 0.3) is 0 Å². The standard InChI is InChI=1S/C17H18O3/c1-4-17(18,13-9-11-14(19-2)12-10-13)15-7-5-6-8-16(15)20-3/h1,5-7,9-12,16,18H,8H2,2-3H3. The number of ether oxygens (including phenoxy) is 2. The minimum Gasteiger partial charge on any atom is -0.497 e. The number of methoxy groups -OCH3 is 2. The van der Waals surface area contributed by atoms with Crippen molar-refractivity contribution in [3.8, 4) is 18.1 Å². The normalized spacial score (nSPS) is 20.7. The van der Waals surface area contributed by atoms with Crippen molar-refractivity contribution in [3.63, 3.8) is 0 Å². The van der Waals surface area contributed by atoms with Crippen LogP contribution in [0.5, 0.6) is 5.75 Å². The lowest BCUT2D eigenvalue weighted by Crippen LogP contribution is -2.34. The number of aliphatic hydroxyl groups is 1. The number of allylic oxidation sites excluding steroid dienone is 2. The van der Waals surface area contributed by atoms with Gasteiger partial charge in [0.15, 0.2) is 5.60 Å². The van der Waals surface area contributed by atoms with Crippen molar-refractivity contribution in [1.29, 1.82) is 0 Å². The number of hydrogen-bond donors (Lipinski definition) is 1. The van der Waals surface area contributed by atoms with Crippen molar-refractivity contribution in [1.82, 2.24) is 0 Å². The van der Waals surface area contributed by atoms with Gasteiger partial charge in [-0.15, -0.1) is 6.42 Å². The first-order chi connectivity index (χ1) is 9.65. The lowest BCUT2D eigenvalue weighted by atomic mass is 9.81. The second-order valence-electron chi connectivity index (χ2n) is 4.59. The Morgan fingerprint density at radius 2 is 2.00 bits per heavy atom. The van der Waals surface area contributed by atoms with Crippen LogP contribution in [0.25, 0.3) is 0 Å². The van der Waals surface area contributed by atoms with E-state index in [1.807, 2.05) is 18.2 Å². The van der Waals surface area contributed by atoms with Gasteiger partial charge in [0.2, 0.25) is 0 Å². The van der Waals surface area contributed by atoms with Gasteiger partial charge in [-0.05, 0) is 18.6 Å². The van der Waals surface area contributed by atoms with Crippen molar-refractivity contribution < 1.29 is 14.6 Å². The molecule has 0 heterocycles. The fourth-order valence-electron chi connectivity index (χ4n) is 2.35. The highest BCUT2D eigenvalue weighted by Gasteiger charge is 2.36. The van der Waals surface area contributed by atoms with E-state index in [0.717, 1.165) is 0 Å².